The van der Waals surface area contributed by atoms with Crippen molar-refractivity contribution in [2.45, 2.75) is 50.5 Å². The molecule has 0 aromatic heterocycles. The molecule has 6 nitrogen and oxygen atoms in total. The quantitative estimate of drug-likeness (QED) is 0.543. The minimum absolute atomic E-state index is 0.0621. The Morgan fingerprint density at radius 2 is 1.90 bits per heavy atom. The van der Waals surface area contributed by atoms with E-state index in [0.29, 0.717) is 6.04 Å². The molecule has 6 heteroatoms. The molecule has 2 heterocycles. The number of ether oxygens (including phenoxy) is 2. The fraction of sp³-hybridized carbons (Fsp3) is 0.696. The van der Waals surface area contributed by atoms with Crippen LogP contribution in [-0.2, 0) is 10.2 Å². The Balaban J connectivity index is 1.59. The van der Waals surface area contributed by atoms with Crippen LogP contribution in [0, 0.1) is 0 Å². The maximum absolute atomic E-state index is 5.67. The number of guanidine groups is 1. The topological polar surface area (TPSA) is 58.1 Å². The molecule has 2 saturated heterocycles. The maximum Gasteiger partial charge on any atom is 0.191 e. The second-order valence-electron chi connectivity index (χ2n) is 8.31. The Kier molecular flexibility index (Phi) is 8.19. The number of nitrogens with one attached hydrogen (secondary N) is 2. The van der Waals surface area contributed by atoms with E-state index in [1.165, 1.54) is 44.5 Å². The summed E-state index contributed by atoms with van der Waals surface area (Å²) < 4.78 is 11.0. The molecule has 0 saturated carbocycles. The van der Waals surface area contributed by atoms with Gasteiger partial charge in [-0.25, -0.2) is 0 Å². The number of aliphatic imine (C=N–C) groups is 1. The van der Waals surface area contributed by atoms with E-state index in [1.807, 2.05) is 7.05 Å². The standard InChI is InChI=1S/C23H38N4O2/c1-4-13-27-14-9-20(10-15-27)26-22(24-2)25-18-23(11-16-29-17-12-23)19-5-7-21(28-3)8-6-19/h5-8,20H,4,9-18H2,1-3H3,(H2,24,25,26). The zero-order valence-electron chi connectivity index (χ0n) is 18.4. The normalized spacial score (nSPS) is 21.0. The lowest BCUT2D eigenvalue weighted by atomic mass is 9.74. The van der Waals surface area contributed by atoms with Gasteiger partial charge in [0.1, 0.15) is 5.75 Å². The summed E-state index contributed by atoms with van der Waals surface area (Å²) in [6.45, 7) is 8.28. The molecule has 0 amide bonds. The minimum Gasteiger partial charge on any atom is -0.497 e. The Morgan fingerprint density at radius 1 is 1.21 bits per heavy atom. The van der Waals surface area contributed by atoms with Gasteiger partial charge in [-0.2, -0.15) is 0 Å². The fourth-order valence-electron chi connectivity index (χ4n) is 4.53. The van der Waals surface area contributed by atoms with E-state index in [2.05, 4.69) is 51.7 Å². The van der Waals surface area contributed by atoms with Crippen molar-refractivity contribution < 1.29 is 9.47 Å². The number of piperidine rings is 1. The first-order valence-corrected chi connectivity index (χ1v) is 11.1. The lowest BCUT2D eigenvalue weighted by Gasteiger charge is -2.39. The average molecular weight is 403 g/mol. The second-order valence-corrected chi connectivity index (χ2v) is 8.31. The van der Waals surface area contributed by atoms with Gasteiger partial charge in [-0.1, -0.05) is 19.1 Å². The van der Waals surface area contributed by atoms with Crippen molar-refractivity contribution in [3.8, 4) is 5.75 Å². The molecule has 0 atom stereocenters. The molecule has 0 unspecified atom stereocenters. The van der Waals surface area contributed by atoms with Crippen molar-refractivity contribution in [1.82, 2.24) is 15.5 Å². The number of hydrogen-bond donors (Lipinski definition) is 2. The van der Waals surface area contributed by atoms with Crippen molar-refractivity contribution in [2.75, 3.05) is 53.6 Å². The van der Waals surface area contributed by atoms with Crippen LogP contribution in [0.2, 0.25) is 0 Å². The van der Waals surface area contributed by atoms with Gasteiger partial charge in [0.25, 0.3) is 0 Å². The lowest BCUT2D eigenvalue weighted by Crippen LogP contribution is -2.52. The number of hydrogen-bond acceptors (Lipinski definition) is 4. The van der Waals surface area contributed by atoms with E-state index in [0.717, 1.165) is 44.3 Å². The first-order valence-electron chi connectivity index (χ1n) is 11.1. The Hall–Kier alpha value is -1.79. The molecule has 0 radical (unpaired) electrons. The molecule has 2 fully saturated rings. The lowest BCUT2D eigenvalue weighted by molar-refractivity contribution is 0.0513. The smallest absolute Gasteiger partial charge is 0.191 e. The summed E-state index contributed by atoms with van der Waals surface area (Å²) in [6, 6.07) is 9.02. The average Bonchev–Trinajstić information content (AvgIpc) is 2.78. The second kappa shape index (κ2) is 10.8. The van der Waals surface area contributed by atoms with Crippen molar-refractivity contribution in [3.63, 3.8) is 0 Å². The van der Waals surface area contributed by atoms with Crippen LogP contribution in [0.1, 0.15) is 44.6 Å². The van der Waals surface area contributed by atoms with Crippen LogP contribution in [0.4, 0.5) is 0 Å². The zero-order valence-corrected chi connectivity index (χ0v) is 18.4. The van der Waals surface area contributed by atoms with Crippen LogP contribution in [0.3, 0.4) is 0 Å². The van der Waals surface area contributed by atoms with Crippen molar-refractivity contribution in [1.29, 1.82) is 0 Å². The van der Waals surface area contributed by atoms with Crippen LogP contribution in [0.25, 0.3) is 0 Å². The highest BCUT2D eigenvalue weighted by atomic mass is 16.5. The third-order valence-corrected chi connectivity index (χ3v) is 6.44. The maximum atomic E-state index is 5.67. The van der Waals surface area contributed by atoms with Crippen LogP contribution < -0.4 is 15.4 Å². The van der Waals surface area contributed by atoms with Crippen LogP contribution >= 0.6 is 0 Å². The molecule has 0 spiro atoms. The highest BCUT2D eigenvalue weighted by molar-refractivity contribution is 5.80. The molecular weight excluding hydrogens is 364 g/mol. The molecule has 2 N–H and O–H groups in total. The predicted molar refractivity (Wildman–Crippen MR) is 119 cm³/mol. The minimum atomic E-state index is 0.0621. The fourth-order valence-corrected chi connectivity index (χ4v) is 4.53. The third-order valence-electron chi connectivity index (χ3n) is 6.44. The van der Waals surface area contributed by atoms with Gasteiger partial charge in [0.15, 0.2) is 5.96 Å². The van der Waals surface area contributed by atoms with E-state index in [1.54, 1.807) is 7.11 Å². The highest BCUT2D eigenvalue weighted by Gasteiger charge is 2.35. The summed E-state index contributed by atoms with van der Waals surface area (Å²) in [7, 11) is 3.58. The van der Waals surface area contributed by atoms with E-state index < -0.39 is 0 Å². The van der Waals surface area contributed by atoms with Gasteiger partial charge in [-0.15, -0.1) is 0 Å². The molecule has 2 aliphatic rings. The molecular formula is C23H38N4O2. The van der Waals surface area contributed by atoms with Gasteiger partial charge >= 0.3 is 0 Å². The van der Waals surface area contributed by atoms with Gasteiger partial charge in [0.2, 0.25) is 0 Å². The van der Waals surface area contributed by atoms with Crippen molar-refractivity contribution in [2.24, 2.45) is 4.99 Å². The number of nitrogens with zero attached hydrogens (tertiary/aromatic N) is 2. The molecule has 29 heavy (non-hydrogen) atoms. The van der Waals surface area contributed by atoms with Gasteiger partial charge in [-0.05, 0) is 56.3 Å². The molecule has 0 aliphatic carbocycles. The first-order chi connectivity index (χ1) is 14.2. The summed E-state index contributed by atoms with van der Waals surface area (Å²) in [5.41, 5.74) is 1.41. The molecule has 2 aliphatic heterocycles. The van der Waals surface area contributed by atoms with Gasteiger partial charge in [0, 0.05) is 51.4 Å². The highest BCUT2D eigenvalue weighted by Crippen LogP contribution is 2.35. The molecule has 1 aromatic carbocycles. The van der Waals surface area contributed by atoms with Crippen molar-refractivity contribution in [3.05, 3.63) is 29.8 Å². The molecule has 0 bridgehead atoms. The summed E-state index contributed by atoms with van der Waals surface area (Å²) >= 11 is 0. The molecule has 1 aromatic rings. The Morgan fingerprint density at radius 3 is 2.48 bits per heavy atom. The number of likely N-dealkylation sites (tertiary alicyclic amines) is 1. The van der Waals surface area contributed by atoms with E-state index in [4.69, 9.17) is 9.47 Å². The monoisotopic (exact) mass is 402 g/mol. The van der Waals surface area contributed by atoms with E-state index in [9.17, 15) is 0 Å². The third kappa shape index (κ3) is 5.86. The van der Waals surface area contributed by atoms with Crippen LogP contribution in [-0.4, -0.2) is 70.5 Å². The number of rotatable bonds is 7. The summed E-state index contributed by atoms with van der Waals surface area (Å²) in [4.78, 5) is 7.07. The van der Waals surface area contributed by atoms with E-state index in [-0.39, 0.29) is 5.41 Å². The van der Waals surface area contributed by atoms with Crippen molar-refractivity contribution >= 4 is 5.96 Å². The number of methoxy groups -OCH3 is 1. The number of benzene rings is 1. The largest absolute Gasteiger partial charge is 0.497 e. The van der Waals surface area contributed by atoms with Gasteiger partial charge < -0.3 is 25.0 Å². The summed E-state index contributed by atoms with van der Waals surface area (Å²) in [6.07, 6.45) is 5.62. The van der Waals surface area contributed by atoms with E-state index >= 15 is 0 Å². The first kappa shape index (κ1) is 21.9. The Labute approximate surface area is 176 Å². The summed E-state index contributed by atoms with van der Waals surface area (Å²) in [5.74, 6) is 1.81. The van der Waals surface area contributed by atoms with Gasteiger partial charge in [-0.3, -0.25) is 4.99 Å². The predicted octanol–water partition coefficient (Wildman–Crippen LogP) is 2.78. The Bertz CT molecular complexity index is 633. The molecule has 3 rings (SSSR count). The molecule has 162 valence electrons. The van der Waals surface area contributed by atoms with Gasteiger partial charge in [0.05, 0.1) is 7.11 Å². The van der Waals surface area contributed by atoms with Crippen LogP contribution in [0.15, 0.2) is 29.3 Å². The van der Waals surface area contributed by atoms with Crippen LogP contribution in [0.5, 0.6) is 5.75 Å². The zero-order chi connectivity index (χ0) is 20.5. The SMILES string of the molecule is CCCN1CCC(NC(=NC)NCC2(c3ccc(OC)cc3)CCOCC2)CC1. The summed E-state index contributed by atoms with van der Waals surface area (Å²) in [5, 5.41) is 7.28.